The van der Waals surface area contributed by atoms with Crippen LogP contribution in [0.5, 0.6) is 0 Å². The summed E-state index contributed by atoms with van der Waals surface area (Å²) in [5.41, 5.74) is 4.82. The molecule has 1 aliphatic carbocycles. The topological polar surface area (TPSA) is 139 Å². The summed E-state index contributed by atoms with van der Waals surface area (Å²) in [4.78, 5) is 68.3. The van der Waals surface area contributed by atoms with E-state index >= 15 is 0 Å². The van der Waals surface area contributed by atoms with Gasteiger partial charge in [0.2, 0.25) is 17.7 Å². The number of nitrogen functional groups attached to an aromatic ring is 1. The number of allylic oxidation sites excluding steroid dienone is 2. The Morgan fingerprint density at radius 1 is 1.03 bits per heavy atom. The van der Waals surface area contributed by atoms with Crippen molar-refractivity contribution in [1.29, 1.82) is 0 Å². The van der Waals surface area contributed by atoms with Gasteiger partial charge in [-0.25, -0.2) is 4.79 Å². The largest absolute Gasteiger partial charge is 0.383 e. The smallest absolute Gasteiger partial charge is 0.330 e. The number of aromatic nitrogens is 2. The van der Waals surface area contributed by atoms with Gasteiger partial charge in [-0.05, 0) is 25.7 Å². The van der Waals surface area contributed by atoms with Gasteiger partial charge in [-0.3, -0.25) is 33.6 Å². The molecule has 180 valence electrons. The number of nitrogens with one attached hydrogen (secondary N) is 1. The minimum atomic E-state index is -0.722. The predicted molar refractivity (Wildman–Crippen MR) is 125 cm³/mol. The maximum Gasteiger partial charge on any atom is 0.330 e. The van der Waals surface area contributed by atoms with Gasteiger partial charge in [0.15, 0.2) is 5.69 Å². The van der Waals surface area contributed by atoms with Crippen LogP contribution in [0.15, 0.2) is 21.7 Å². The number of unbranched alkanes of at least 4 members (excludes halogenated alkanes) is 2. The van der Waals surface area contributed by atoms with Gasteiger partial charge in [-0.1, -0.05) is 38.8 Å². The van der Waals surface area contributed by atoms with E-state index in [4.69, 9.17) is 5.73 Å². The molecule has 3 N–H and O–H groups in total. The number of hydrogen-bond acceptors (Lipinski definition) is 6. The fourth-order valence-corrected chi connectivity index (χ4v) is 4.49. The highest BCUT2D eigenvalue weighted by atomic mass is 16.2. The molecule has 1 aromatic rings. The molecule has 0 spiro atoms. The second-order valence-corrected chi connectivity index (χ2v) is 8.63. The lowest BCUT2D eigenvalue weighted by Gasteiger charge is -2.25. The molecule has 0 radical (unpaired) electrons. The normalized spacial score (nSPS) is 19.8. The van der Waals surface area contributed by atoms with Crippen LogP contribution in [0.2, 0.25) is 0 Å². The Bertz CT molecular complexity index is 1030. The van der Waals surface area contributed by atoms with Crippen molar-refractivity contribution in [1.82, 2.24) is 14.5 Å². The number of carbonyl (C=O) groups excluding carboxylic acids is 3. The zero-order valence-corrected chi connectivity index (χ0v) is 19.3. The van der Waals surface area contributed by atoms with Crippen molar-refractivity contribution >= 4 is 29.2 Å². The highest BCUT2D eigenvalue weighted by Crippen LogP contribution is 2.35. The van der Waals surface area contributed by atoms with Crippen LogP contribution in [0.3, 0.4) is 0 Å². The summed E-state index contributed by atoms with van der Waals surface area (Å²) in [5.74, 6) is -1.66. The number of nitrogens with two attached hydrogens (primary N) is 1. The van der Waals surface area contributed by atoms with Crippen molar-refractivity contribution in [2.24, 2.45) is 11.8 Å². The lowest BCUT2D eigenvalue weighted by molar-refractivity contribution is -0.140. The second kappa shape index (κ2) is 10.6. The Hall–Kier alpha value is -3.17. The van der Waals surface area contributed by atoms with Crippen molar-refractivity contribution < 1.29 is 14.4 Å². The zero-order valence-electron chi connectivity index (χ0n) is 19.3. The maximum atomic E-state index is 13.2. The highest BCUT2D eigenvalue weighted by molar-refractivity contribution is 6.06. The molecule has 1 aromatic heterocycles. The summed E-state index contributed by atoms with van der Waals surface area (Å²) < 4.78 is 1.28. The molecule has 2 unspecified atom stereocenters. The second-order valence-electron chi connectivity index (χ2n) is 8.63. The number of hydrogen-bond donors (Lipinski definition) is 2. The molecule has 0 saturated carbocycles. The first-order valence-electron chi connectivity index (χ1n) is 11.7. The minimum Gasteiger partial charge on any atom is -0.383 e. The quantitative estimate of drug-likeness (QED) is 0.400. The minimum absolute atomic E-state index is 0.0423. The summed E-state index contributed by atoms with van der Waals surface area (Å²) >= 11 is 0. The summed E-state index contributed by atoms with van der Waals surface area (Å²) in [5, 5.41) is 0. The average Bonchev–Trinajstić information content (AvgIpc) is 3.04. The average molecular weight is 460 g/mol. The van der Waals surface area contributed by atoms with Crippen LogP contribution < -0.4 is 21.9 Å². The van der Waals surface area contributed by atoms with Gasteiger partial charge in [0.05, 0.1) is 11.8 Å². The molecule has 1 saturated heterocycles. The van der Waals surface area contributed by atoms with E-state index in [1.807, 2.05) is 26.0 Å². The zero-order chi connectivity index (χ0) is 24.1. The van der Waals surface area contributed by atoms with E-state index < -0.39 is 17.2 Å². The molecule has 0 bridgehead atoms. The van der Waals surface area contributed by atoms with Crippen molar-refractivity contribution in [3.8, 4) is 0 Å². The van der Waals surface area contributed by atoms with Crippen LogP contribution in [0.4, 0.5) is 11.5 Å². The standard InChI is InChI=1S/C23H33N5O5/c1-3-5-12-26(18-19(24)27(13-6-4-2)23(33)25-20(18)30)17(29)11-14-28-21(31)15-9-7-8-10-16(15)22(28)32/h7-8,15-16H,3-6,9-14,24H2,1-2H3,(H,25,30,33). The van der Waals surface area contributed by atoms with Crippen LogP contribution in [0.1, 0.15) is 58.8 Å². The van der Waals surface area contributed by atoms with Crippen LogP contribution in [-0.4, -0.2) is 45.3 Å². The molecule has 1 fully saturated rings. The van der Waals surface area contributed by atoms with Crippen LogP contribution in [0.25, 0.3) is 0 Å². The number of fused-ring (bicyclic) bond motifs is 1. The predicted octanol–water partition coefficient (Wildman–Crippen LogP) is 1.39. The van der Waals surface area contributed by atoms with E-state index in [0.717, 1.165) is 12.8 Å². The first kappa shape index (κ1) is 24.5. The number of aromatic amines is 1. The van der Waals surface area contributed by atoms with Crippen molar-refractivity contribution in [3.63, 3.8) is 0 Å². The van der Waals surface area contributed by atoms with Crippen molar-refractivity contribution in [3.05, 3.63) is 33.0 Å². The molecule has 2 heterocycles. The van der Waals surface area contributed by atoms with E-state index in [9.17, 15) is 24.0 Å². The highest BCUT2D eigenvalue weighted by Gasteiger charge is 2.47. The molecule has 10 nitrogen and oxygen atoms in total. The molecule has 33 heavy (non-hydrogen) atoms. The lowest BCUT2D eigenvalue weighted by Crippen LogP contribution is -2.43. The van der Waals surface area contributed by atoms with E-state index in [0.29, 0.717) is 32.2 Å². The number of rotatable bonds is 10. The molecule has 1 aliphatic heterocycles. The Balaban J connectivity index is 1.83. The molecule has 3 rings (SSSR count). The first-order chi connectivity index (χ1) is 15.8. The van der Waals surface area contributed by atoms with E-state index in [1.165, 1.54) is 14.4 Å². The number of likely N-dealkylation sites (tertiary alicyclic amines) is 1. The molecular formula is C23H33N5O5. The number of amides is 3. The summed E-state index contributed by atoms with van der Waals surface area (Å²) in [6, 6.07) is 0. The van der Waals surface area contributed by atoms with Gasteiger partial charge in [0.25, 0.3) is 5.56 Å². The summed E-state index contributed by atoms with van der Waals surface area (Å²) in [6.45, 7) is 4.45. The molecule has 3 amide bonds. The Morgan fingerprint density at radius 2 is 1.64 bits per heavy atom. The van der Waals surface area contributed by atoms with Gasteiger partial charge >= 0.3 is 5.69 Å². The third-order valence-corrected chi connectivity index (χ3v) is 6.40. The molecule has 10 heteroatoms. The molecule has 2 aliphatic rings. The fraction of sp³-hybridized carbons (Fsp3) is 0.609. The third-order valence-electron chi connectivity index (χ3n) is 6.40. The van der Waals surface area contributed by atoms with E-state index in [2.05, 4.69) is 4.98 Å². The van der Waals surface area contributed by atoms with E-state index in [-0.39, 0.29) is 54.7 Å². The van der Waals surface area contributed by atoms with Crippen LogP contribution in [0, 0.1) is 11.8 Å². The van der Waals surface area contributed by atoms with Gasteiger partial charge in [-0.2, -0.15) is 0 Å². The maximum absolute atomic E-state index is 13.2. The number of nitrogens with zero attached hydrogens (tertiary/aromatic N) is 3. The van der Waals surface area contributed by atoms with Crippen molar-refractivity contribution in [2.75, 3.05) is 23.7 Å². The Kier molecular flexibility index (Phi) is 7.88. The van der Waals surface area contributed by atoms with E-state index in [1.54, 1.807) is 0 Å². The molecular weight excluding hydrogens is 426 g/mol. The number of carbonyl (C=O) groups is 3. The van der Waals surface area contributed by atoms with Crippen LogP contribution in [-0.2, 0) is 20.9 Å². The monoisotopic (exact) mass is 459 g/mol. The number of H-pyrrole nitrogens is 1. The summed E-state index contributed by atoms with van der Waals surface area (Å²) in [7, 11) is 0. The Labute approximate surface area is 192 Å². The van der Waals surface area contributed by atoms with Crippen molar-refractivity contribution in [2.45, 2.75) is 65.3 Å². The third kappa shape index (κ3) is 4.94. The first-order valence-corrected chi connectivity index (χ1v) is 11.7. The SMILES string of the molecule is CCCCN(C(=O)CCN1C(=O)C2CC=CCC2C1=O)c1c(N)n(CCCC)c(=O)[nH]c1=O. The van der Waals surface area contributed by atoms with Gasteiger partial charge in [0.1, 0.15) is 5.82 Å². The van der Waals surface area contributed by atoms with Gasteiger partial charge in [-0.15, -0.1) is 0 Å². The number of imide groups is 1. The molecule has 2 atom stereocenters. The Morgan fingerprint density at radius 3 is 2.21 bits per heavy atom. The summed E-state index contributed by atoms with van der Waals surface area (Å²) in [6.07, 6.45) is 7.68. The fourth-order valence-electron chi connectivity index (χ4n) is 4.49. The lowest BCUT2D eigenvalue weighted by atomic mass is 9.85. The van der Waals surface area contributed by atoms with Crippen LogP contribution >= 0.6 is 0 Å². The molecule has 0 aromatic carbocycles. The number of anilines is 2. The van der Waals surface area contributed by atoms with Gasteiger partial charge in [0, 0.05) is 26.1 Å². The van der Waals surface area contributed by atoms with Gasteiger partial charge < -0.3 is 10.6 Å².